The lowest BCUT2D eigenvalue weighted by atomic mass is 10.1. The molecule has 0 bridgehead atoms. The van der Waals surface area contributed by atoms with E-state index >= 15 is 0 Å². The van der Waals surface area contributed by atoms with E-state index in [1.165, 1.54) is 6.92 Å². The van der Waals surface area contributed by atoms with Crippen molar-refractivity contribution in [1.82, 2.24) is 0 Å². The number of nitrogens with zero attached hydrogens (tertiary/aromatic N) is 1. The molecule has 15 heavy (non-hydrogen) atoms. The lowest BCUT2D eigenvalue weighted by molar-refractivity contribution is -0.147. The predicted molar refractivity (Wildman–Crippen MR) is 52.5 cm³/mol. The molecule has 0 heterocycles. The Kier molecular flexibility index (Phi) is 3.05. The second kappa shape index (κ2) is 3.81. The molecule has 2 atom stereocenters. The van der Waals surface area contributed by atoms with Gasteiger partial charge in [-0.1, -0.05) is 6.92 Å². The van der Waals surface area contributed by atoms with Crippen molar-refractivity contribution < 1.29 is 17.9 Å². The van der Waals surface area contributed by atoms with Crippen LogP contribution in [0, 0.1) is 16.7 Å². The van der Waals surface area contributed by atoms with E-state index in [2.05, 4.69) is 0 Å². The molecule has 1 saturated carbocycles. The average Bonchev–Trinajstić information content (AvgIpc) is 2.95. The van der Waals surface area contributed by atoms with Crippen LogP contribution in [0.2, 0.25) is 0 Å². The first-order valence-corrected chi connectivity index (χ1v) is 6.46. The summed E-state index contributed by atoms with van der Waals surface area (Å²) in [5.41, 5.74) is -1.44. The highest BCUT2D eigenvalue weighted by atomic mass is 32.2. The van der Waals surface area contributed by atoms with E-state index in [0.717, 1.165) is 0 Å². The molecule has 6 heteroatoms. The Labute approximate surface area is 88.9 Å². The third-order valence-electron chi connectivity index (χ3n) is 2.57. The molecule has 0 unspecified atom stereocenters. The maximum atomic E-state index is 11.5. The molecule has 84 valence electrons. The Bertz CT molecular complexity index is 408. The zero-order valence-corrected chi connectivity index (χ0v) is 9.50. The first-order chi connectivity index (χ1) is 6.94. The van der Waals surface area contributed by atoms with Gasteiger partial charge in [0.25, 0.3) is 0 Å². The first-order valence-electron chi connectivity index (χ1n) is 4.74. The van der Waals surface area contributed by atoms with E-state index in [1.54, 1.807) is 13.0 Å². The molecule has 0 aromatic carbocycles. The predicted octanol–water partition coefficient (Wildman–Crippen LogP) is 0.266. The molecule has 1 aliphatic carbocycles. The number of carbonyl (C=O) groups excluding carboxylic acids is 1. The molecule has 0 amide bonds. The van der Waals surface area contributed by atoms with Crippen LogP contribution in [0.25, 0.3) is 0 Å². The summed E-state index contributed by atoms with van der Waals surface area (Å²) >= 11 is 0. The number of sulfone groups is 1. The van der Waals surface area contributed by atoms with Gasteiger partial charge in [-0.2, -0.15) is 5.26 Å². The van der Waals surface area contributed by atoms with Gasteiger partial charge in [-0.3, -0.25) is 4.79 Å². The van der Waals surface area contributed by atoms with E-state index in [-0.39, 0.29) is 18.8 Å². The van der Waals surface area contributed by atoms with Crippen molar-refractivity contribution in [2.75, 3.05) is 12.4 Å². The molecule has 0 aromatic rings. The van der Waals surface area contributed by atoms with Crippen molar-refractivity contribution >= 4 is 15.8 Å². The Morgan fingerprint density at radius 2 is 2.20 bits per heavy atom. The van der Waals surface area contributed by atoms with Crippen LogP contribution in [0.1, 0.15) is 20.3 Å². The fourth-order valence-electron chi connectivity index (χ4n) is 1.51. The molecular weight excluding hydrogens is 218 g/mol. The second-order valence-corrected chi connectivity index (χ2v) is 5.92. The Hall–Kier alpha value is -1.09. The highest BCUT2D eigenvalue weighted by molar-refractivity contribution is 7.92. The maximum absolute atomic E-state index is 11.5. The number of rotatable bonds is 4. The van der Waals surface area contributed by atoms with Gasteiger partial charge in [-0.05, 0) is 13.3 Å². The topological polar surface area (TPSA) is 84.2 Å². The average molecular weight is 231 g/mol. The summed E-state index contributed by atoms with van der Waals surface area (Å²) < 4.78 is 27.7. The van der Waals surface area contributed by atoms with E-state index in [0.29, 0.717) is 0 Å². The van der Waals surface area contributed by atoms with Crippen LogP contribution in [0.15, 0.2) is 0 Å². The van der Waals surface area contributed by atoms with Crippen molar-refractivity contribution in [2.45, 2.75) is 25.5 Å². The SMILES string of the molecule is CCOC(=O)[C@]1(C#N)C[C@H]1S(=O)(=O)CC. The summed E-state index contributed by atoms with van der Waals surface area (Å²) in [6.07, 6.45) is 0.0680. The number of ether oxygens (including phenoxy) is 1. The molecule has 0 aromatic heterocycles. The van der Waals surface area contributed by atoms with Gasteiger partial charge in [0.15, 0.2) is 15.3 Å². The summed E-state index contributed by atoms with van der Waals surface area (Å²) in [6, 6.07) is 1.77. The molecule has 1 fully saturated rings. The molecule has 0 N–H and O–H groups in total. The molecule has 0 aliphatic heterocycles. The molecular formula is C9H13NO4S. The summed E-state index contributed by atoms with van der Waals surface area (Å²) in [6.45, 7) is 3.27. The monoisotopic (exact) mass is 231 g/mol. The number of nitriles is 1. The van der Waals surface area contributed by atoms with Crippen molar-refractivity contribution in [2.24, 2.45) is 5.41 Å². The summed E-state index contributed by atoms with van der Waals surface area (Å²) in [7, 11) is -3.33. The zero-order chi connectivity index (χ0) is 11.7. The Morgan fingerprint density at radius 3 is 2.60 bits per heavy atom. The van der Waals surface area contributed by atoms with Gasteiger partial charge >= 0.3 is 5.97 Å². The molecule has 0 saturated heterocycles. The van der Waals surface area contributed by atoms with Crippen LogP contribution in [0.5, 0.6) is 0 Å². The minimum absolute atomic E-state index is 0.0551. The van der Waals surface area contributed by atoms with Crippen molar-refractivity contribution in [3.05, 3.63) is 0 Å². The minimum atomic E-state index is -3.33. The normalized spacial score (nSPS) is 29.3. The molecule has 1 rings (SSSR count). The fraction of sp³-hybridized carbons (Fsp3) is 0.778. The van der Waals surface area contributed by atoms with Crippen LogP contribution in [-0.4, -0.2) is 32.0 Å². The largest absolute Gasteiger partial charge is 0.465 e. The fourth-order valence-corrected chi connectivity index (χ4v) is 3.19. The van der Waals surface area contributed by atoms with E-state index in [1.807, 2.05) is 0 Å². The van der Waals surface area contributed by atoms with E-state index in [4.69, 9.17) is 10.00 Å². The van der Waals surface area contributed by atoms with Gasteiger partial charge in [-0.25, -0.2) is 8.42 Å². The van der Waals surface area contributed by atoms with Crippen molar-refractivity contribution in [1.29, 1.82) is 5.26 Å². The van der Waals surface area contributed by atoms with Gasteiger partial charge in [0.1, 0.15) is 0 Å². The first kappa shape index (κ1) is 12.0. The second-order valence-electron chi connectivity index (χ2n) is 3.45. The smallest absolute Gasteiger partial charge is 0.327 e. The number of esters is 1. The van der Waals surface area contributed by atoms with Gasteiger partial charge in [0.2, 0.25) is 0 Å². The number of hydrogen-bond donors (Lipinski definition) is 0. The summed E-state index contributed by atoms with van der Waals surface area (Å²) in [5.74, 6) is -0.768. The third-order valence-corrected chi connectivity index (χ3v) is 4.81. The number of carbonyl (C=O) groups is 1. The third kappa shape index (κ3) is 1.84. The van der Waals surface area contributed by atoms with Gasteiger partial charge < -0.3 is 4.74 Å². The molecule has 0 radical (unpaired) electrons. The quantitative estimate of drug-likeness (QED) is 0.648. The molecule has 1 aliphatic rings. The van der Waals surface area contributed by atoms with Gasteiger partial charge in [-0.15, -0.1) is 0 Å². The van der Waals surface area contributed by atoms with E-state index < -0.39 is 26.5 Å². The van der Waals surface area contributed by atoms with E-state index in [9.17, 15) is 13.2 Å². The standard InChI is InChI=1S/C9H13NO4S/c1-3-14-8(11)9(6-10)5-7(9)15(12,13)4-2/h7H,3-5H2,1-2H3/t7-,9+/m1/s1. The maximum Gasteiger partial charge on any atom is 0.327 e. The Balaban J connectivity index is 2.89. The van der Waals surface area contributed by atoms with Crippen LogP contribution < -0.4 is 0 Å². The summed E-state index contributed by atoms with van der Waals surface area (Å²) in [4.78, 5) is 11.4. The zero-order valence-electron chi connectivity index (χ0n) is 8.69. The van der Waals surface area contributed by atoms with Crippen LogP contribution in [0.3, 0.4) is 0 Å². The lowest BCUT2D eigenvalue weighted by Gasteiger charge is -2.07. The van der Waals surface area contributed by atoms with Gasteiger partial charge in [0.05, 0.1) is 17.9 Å². The Morgan fingerprint density at radius 1 is 1.60 bits per heavy atom. The van der Waals surface area contributed by atoms with Crippen molar-refractivity contribution in [3.63, 3.8) is 0 Å². The lowest BCUT2D eigenvalue weighted by Crippen LogP contribution is -2.25. The number of hydrogen-bond acceptors (Lipinski definition) is 5. The minimum Gasteiger partial charge on any atom is -0.465 e. The van der Waals surface area contributed by atoms with Gasteiger partial charge in [0, 0.05) is 5.75 Å². The molecule has 0 spiro atoms. The highest BCUT2D eigenvalue weighted by Crippen LogP contribution is 2.51. The van der Waals surface area contributed by atoms with Crippen LogP contribution in [-0.2, 0) is 19.4 Å². The van der Waals surface area contributed by atoms with Crippen molar-refractivity contribution in [3.8, 4) is 6.07 Å². The summed E-state index contributed by atoms with van der Waals surface area (Å²) in [5, 5.41) is 7.99. The molecule has 5 nitrogen and oxygen atoms in total. The highest BCUT2D eigenvalue weighted by Gasteiger charge is 2.67. The van der Waals surface area contributed by atoms with Crippen LogP contribution >= 0.6 is 0 Å². The van der Waals surface area contributed by atoms with Crippen LogP contribution in [0.4, 0.5) is 0 Å².